The molecule has 3 N–H and O–H groups in total. The molecule has 0 saturated carbocycles. The van der Waals surface area contributed by atoms with Gasteiger partial charge in [-0.15, -0.1) is 16.7 Å². The minimum atomic E-state index is -1.55. The zero-order chi connectivity index (χ0) is 20.2. The minimum Gasteiger partial charge on any atom is -0.484 e. The number of nitrogens with zero attached hydrogens (tertiary/aromatic N) is 2. The molecule has 1 aliphatic heterocycles. The predicted octanol–water partition coefficient (Wildman–Crippen LogP) is 0.923. The highest BCUT2D eigenvalue weighted by atomic mass is 32.2. The Balaban J connectivity index is 2.12. The smallest absolute Gasteiger partial charge is 0.329 e. The number of nitroso groups, excluding NO2 is 1. The van der Waals surface area contributed by atoms with Gasteiger partial charge in [0.2, 0.25) is 0 Å². The molecule has 0 spiro atoms. The molecule has 2 rings (SSSR count). The van der Waals surface area contributed by atoms with Crippen molar-refractivity contribution in [1.82, 2.24) is 10.3 Å². The first kappa shape index (κ1) is 20.5. The number of hydrogen-bond acceptors (Lipinski definition) is 7. The normalized spacial score (nSPS) is 21.9. The summed E-state index contributed by atoms with van der Waals surface area (Å²) in [6.07, 6.45) is 0. The van der Waals surface area contributed by atoms with Crippen molar-refractivity contribution in [1.29, 1.82) is 0 Å². The molecule has 10 nitrogen and oxygen atoms in total. The molecular weight excluding hydrogens is 378 g/mol. The van der Waals surface area contributed by atoms with Crippen LogP contribution in [0.25, 0.3) is 0 Å². The van der Waals surface area contributed by atoms with Gasteiger partial charge in [0.25, 0.3) is 5.91 Å². The number of carbonyl (C=O) groups is 3. The second-order valence-corrected chi connectivity index (χ2v) is 8.07. The summed E-state index contributed by atoms with van der Waals surface area (Å²) in [7, 11) is 0. The van der Waals surface area contributed by atoms with E-state index < -0.39 is 46.7 Å². The van der Waals surface area contributed by atoms with Crippen LogP contribution in [0.3, 0.4) is 0 Å². The molecule has 1 aromatic rings. The van der Waals surface area contributed by atoms with E-state index in [2.05, 4.69) is 10.6 Å². The van der Waals surface area contributed by atoms with Crippen molar-refractivity contribution in [2.45, 2.75) is 36.1 Å². The summed E-state index contributed by atoms with van der Waals surface area (Å²) in [4.78, 5) is 46.5. The lowest BCUT2D eigenvalue weighted by Gasteiger charge is -2.26. The molecule has 0 bridgehead atoms. The number of amides is 1. The standard InChI is InChI=1S/C16H19N3O7S/c1-16(2)12(15(23)24)19(18-25)13(27-16)11(14(21)22)17-10(20)8-26-9-6-4-3-5-7-9/h3-7,11-13H,8H2,1-2H3,(H,17,20)(H,21,22)(H,23,24)/t11?,12-,13?/m0/s1. The fourth-order valence-electron chi connectivity index (χ4n) is 2.76. The Morgan fingerprint density at radius 2 is 1.93 bits per heavy atom. The van der Waals surface area contributed by atoms with Crippen LogP contribution in [0.15, 0.2) is 35.6 Å². The van der Waals surface area contributed by atoms with Gasteiger partial charge in [-0.3, -0.25) is 4.79 Å². The van der Waals surface area contributed by atoms with E-state index in [-0.39, 0.29) is 0 Å². The maximum absolute atomic E-state index is 12.1. The molecule has 1 aromatic carbocycles. The van der Waals surface area contributed by atoms with Gasteiger partial charge in [0.05, 0.1) is 5.29 Å². The van der Waals surface area contributed by atoms with Crippen LogP contribution in [0, 0.1) is 4.91 Å². The van der Waals surface area contributed by atoms with Gasteiger partial charge >= 0.3 is 11.9 Å². The van der Waals surface area contributed by atoms with Crippen molar-refractivity contribution in [2.24, 2.45) is 5.29 Å². The van der Waals surface area contributed by atoms with Crippen molar-refractivity contribution in [3.63, 3.8) is 0 Å². The Bertz CT molecular complexity index is 728. The largest absolute Gasteiger partial charge is 0.484 e. The Labute approximate surface area is 158 Å². The summed E-state index contributed by atoms with van der Waals surface area (Å²) >= 11 is 0.945. The summed E-state index contributed by atoms with van der Waals surface area (Å²) < 4.78 is 4.26. The van der Waals surface area contributed by atoms with Crippen molar-refractivity contribution in [3.8, 4) is 5.75 Å². The number of ether oxygens (including phenoxy) is 1. The van der Waals surface area contributed by atoms with Gasteiger partial charge in [-0.25, -0.2) is 14.6 Å². The van der Waals surface area contributed by atoms with Gasteiger partial charge in [0, 0.05) is 4.75 Å². The zero-order valence-corrected chi connectivity index (χ0v) is 15.4. The van der Waals surface area contributed by atoms with E-state index in [1.807, 2.05) is 0 Å². The van der Waals surface area contributed by atoms with Gasteiger partial charge in [-0.1, -0.05) is 18.2 Å². The molecule has 11 heteroatoms. The van der Waals surface area contributed by atoms with E-state index in [0.29, 0.717) is 10.8 Å². The van der Waals surface area contributed by atoms with E-state index in [4.69, 9.17) is 4.74 Å². The second-order valence-electron chi connectivity index (χ2n) is 6.30. The zero-order valence-electron chi connectivity index (χ0n) is 14.6. The second kappa shape index (κ2) is 8.25. The number of aliphatic carboxylic acids is 2. The molecule has 1 aliphatic rings. The van der Waals surface area contributed by atoms with E-state index in [9.17, 15) is 29.5 Å². The topological polar surface area (TPSA) is 146 Å². The Morgan fingerprint density at radius 1 is 1.30 bits per heavy atom. The summed E-state index contributed by atoms with van der Waals surface area (Å²) in [5, 5.41) is 23.3. The first-order valence-electron chi connectivity index (χ1n) is 7.89. The first-order chi connectivity index (χ1) is 12.7. The minimum absolute atomic E-state index is 0.429. The van der Waals surface area contributed by atoms with E-state index in [1.165, 1.54) is 0 Å². The highest BCUT2D eigenvalue weighted by Crippen LogP contribution is 2.45. The molecule has 3 atom stereocenters. The number of carboxylic acids is 2. The number of benzene rings is 1. The molecule has 2 unspecified atom stereocenters. The van der Waals surface area contributed by atoms with Crippen LogP contribution in [0.4, 0.5) is 0 Å². The fraction of sp³-hybridized carbons (Fsp3) is 0.438. The third kappa shape index (κ3) is 4.67. The Morgan fingerprint density at radius 3 is 2.44 bits per heavy atom. The van der Waals surface area contributed by atoms with E-state index in [0.717, 1.165) is 11.8 Å². The summed E-state index contributed by atoms with van der Waals surface area (Å²) in [5.41, 5.74) is 0. The van der Waals surface area contributed by atoms with Crippen LogP contribution in [0.5, 0.6) is 5.75 Å². The van der Waals surface area contributed by atoms with Crippen molar-refractivity contribution in [3.05, 3.63) is 35.2 Å². The van der Waals surface area contributed by atoms with Crippen LogP contribution in [0.2, 0.25) is 0 Å². The van der Waals surface area contributed by atoms with Gasteiger partial charge in [-0.2, -0.15) is 0 Å². The monoisotopic (exact) mass is 397 g/mol. The number of carboxylic acid groups (broad SMARTS) is 2. The number of para-hydroxylation sites is 1. The quantitative estimate of drug-likeness (QED) is 0.545. The number of nitrogens with one attached hydrogen (secondary N) is 1. The summed E-state index contributed by atoms with van der Waals surface area (Å²) in [6, 6.07) is 5.58. The number of thioether (sulfide) groups is 1. The van der Waals surface area contributed by atoms with Crippen molar-refractivity contribution >= 4 is 29.6 Å². The maximum atomic E-state index is 12.1. The summed E-state index contributed by atoms with van der Waals surface area (Å²) in [6.45, 7) is 2.69. The van der Waals surface area contributed by atoms with Crippen LogP contribution < -0.4 is 10.1 Å². The molecular formula is C16H19N3O7S. The number of hydrogen-bond donors (Lipinski definition) is 3. The summed E-state index contributed by atoms with van der Waals surface area (Å²) in [5.74, 6) is -3.03. The SMILES string of the molecule is CC1(C)SC(C(NC(=O)COc2ccccc2)C(=O)O)N(N=O)[C@H]1C(=O)O. The van der Waals surface area contributed by atoms with Crippen molar-refractivity contribution in [2.75, 3.05) is 6.61 Å². The third-order valence-electron chi connectivity index (χ3n) is 3.92. The number of carbonyl (C=O) groups excluding carboxylic acids is 1. The maximum Gasteiger partial charge on any atom is 0.329 e. The van der Waals surface area contributed by atoms with Crippen molar-refractivity contribution < 1.29 is 29.3 Å². The lowest BCUT2D eigenvalue weighted by Crippen LogP contribution is -2.54. The average molecular weight is 397 g/mol. The van der Waals surface area contributed by atoms with Crippen LogP contribution in [-0.4, -0.2) is 61.9 Å². The average Bonchev–Trinajstić information content (AvgIpc) is 2.88. The molecule has 27 heavy (non-hydrogen) atoms. The number of rotatable bonds is 8. The molecule has 0 radical (unpaired) electrons. The lowest BCUT2D eigenvalue weighted by molar-refractivity contribution is -0.147. The molecule has 1 saturated heterocycles. The van der Waals surface area contributed by atoms with Gasteiger partial charge < -0.3 is 20.3 Å². The fourth-order valence-corrected chi connectivity index (χ4v) is 4.30. The predicted molar refractivity (Wildman–Crippen MR) is 96.0 cm³/mol. The lowest BCUT2D eigenvalue weighted by atomic mass is 10.0. The van der Waals surface area contributed by atoms with E-state index >= 15 is 0 Å². The van der Waals surface area contributed by atoms with Crippen LogP contribution in [0.1, 0.15) is 13.8 Å². The highest BCUT2D eigenvalue weighted by molar-refractivity contribution is 8.01. The van der Waals surface area contributed by atoms with Crippen LogP contribution in [-0.2, 0) is 14.4 Å². The highest BCUT2D eigenvalue weighted by Gasteiger charge is 2.56. The molecule has 0 aromatic heterocycles. The third-order valence-corrected chi connectivity index (χ3v) is 5.48. The van der Waals surface area contributed by atoms with Gasteiger partial charge in [-0.05, 0) is 26.0 Å². The first-order valence-corrected chi connectivity index (χ1v) is 8.77. The van der Waals surface area contributed by atoms with Crippen LogP contribution >= 0.6 is 11.8 Å². The molecule has 1 heterocycles. The van der Waals surface area contributed by atoms with Gasteiger partial charge in [0.15, 0.2) is 18.7 Å². The molecule has 1 fully saturated rings. The Kier molecular flexibility index (Phi) is 6.26. The molecule has 0 aliphatic carbocycles. The Hall–Kier alpha value is -2.82. The van der Waals surface area contributed by atoms with E-state index in [1.54, 1.807) is 44.2 Å². The van der Waals surface area contributed by atoms with Gasteiger partial charge in [0.1, 0.15) is 11.1 Å². The molecule has 1 amide bonds. The molecule has 146 valence electrons.